The second-order valence-corrected chi connectivity index (χ2v) is 10.8. The van der Waals surface area contributed by atoms with Crippen LogP contribution in [0.2, 0.25) is 0 Å². The van der Waals surface area contributed by atoms with Crippen molar-refractivity contribution in [1.29, 1.82) is 0 Å². The molecule has 4 aliphatic heterocycles. The zero-order chi connectivity index (χ0) is 19.9. The maximum absolute atomic E-state index is 6.65. The molecule has 1 aromatic heterocycles. The van der Waals surface area contributed by atoms with Gasteiger partial charge in [-0.05, 0) is 56.1 Å². The zero-order valence-corrected chi connectivity index (χ0v) is 18.0. The highest BCUT2D eigenvalue weighted by atomic mass is 17.3. The Balaban J connectivity index is 1.54. The van der Waals surface area contributed by atoms with Crippen LogP contribution in [0.4, 0.5) is 0 Å². The van der Waals surface area contributed by atoms with Gasteiger partial charge in [0, 0.05) is 17.8 Å². The first-order chi connectivity index (χ1) is 13.1. The van der Waals surface area contributed by atoms with Crippen molar-refractivity contribution < 1.29 is 23.7 Å². The fraction of sp³-hybridized carbons (Fsp3) is 0.826. The molecule has 5 heterocycles. The topological polar surface area (TPSA) is 50.1 Å². The first-order valence-electron chi connectivity index (χ1n) is 10.9. The maximum Gasteiger partial charge on any atom is 0.201 e. The van der Waals surface area contributed by atoms with E-state index in [2.05, 4.69) is 46.8 Å². The summed E-state index contributed by atoms with van der Waals surface area (Å²) < 4.78 is 19.4. The molecule has 156 valence electrons. The number of hydrogen-bond donors (Lipinski definition) is 0. The second kappa shape index (κ2) is 6.07. The minimum absolute atomic E-state index is 0.0228. The molecule has 0 unspecified atom stereocenters. The van der Waals surface area contributed by atoms with Crippen LogP contribution < -0.4 is 0 Å². The summed E-state index contributed by atoms with van der Waals surface area (Å²) in [6.45, 7) is 13.1. The Kier molecular flexibility index (Phi) is 4.14. The highest BCUT2D eigenvalue weighted by Gasteiger charge is 2.69. The normalized spacial score (nSPS) is 48.2. The summed E-state index contributed by atoms with van der Waals surface area (Å²) in [7, 11) is 0. The Hall–Kier alpha value is -0.880. The van der Waals surface area contributed by atoms with Crippen LogP contribution in [-0.2, 0) is 24.7 Å². The van der Waals surface area contributed by atoms with Crippen molar-refractivity contribution in [2.45, 2.75) is 96.4 Å². The van der Waals surface area contributed by atoms with Crippen LogP contribution in [-0.4, -0.2) is 17.7 Å². The molecule has 0 radical (unpaired) electrons. The number of rotatable bonds is 1. The fourth-order valence-electron chi connectivity index (χ4n) is 6.14. The Morgan fingerprint density at radius 2 is 1.79 bits per heavy atom. The third-order valence-corrected chi connectivity index (χ3v) is 7.80. The molecule has 1 aromatic rings. The lowest BCUT2D eigenvalue weighted by molar-refractivity contribution is -0.572. The van der Waals surface area contributed by atoms with Gasteiger partial charge in [0.15, 0.2) is 11.9 Å². The van der Waals surface area contributed by atoms with Crippen molar-refractivity contribution in [2.24, 2.45) is 23.7 Å². The molecular formula is C23H34O5. The number of ether oxygens (including phenoxy) is 2. The summed E-state index contributed by atoms with van der Waals surface area (Å²) in [6.07, 6.45) is 3.66. The molecular weight excluding hydrogens is 356 g/mol. The van der Waals surface area contributed by atoms with Crippen molar-refractivity contribution in [3.8, 4) is 0 Å². The molecule has 0 amide bonds. The minimum atomic E-state index is -0.734. The smallest absolute Gasteiger partial charge is 0.201 e. The lowest BCUT2D eigenvalue weighted by atomic mass is 9.57. The van der Waals surface area contributed by atoms with E-state index in [0.29, 0.717) is 17.8 Å². The van der Waals surface area contributed by atoms with Crippen LogP contribution in [0, 0.1) is 23.7 Å². The molecule has 0 N–H and O–H groups in total. The van der Waals surface area contributed by atoms with Gasteiger partial charge >= 0.3 is 0 Å². The predicted octanol–water partition coefficient (Wildman–Crippen LogP) is 5.50. The highest BCUT2D eigenvalue weighted by molar-refractivity contribution is 5.19. The van der Waals surface area contributed by atoms with Crippen molar-refractivity contribution in [2.75, 3.05) is 0 Å². The molecule has 4 saturated heterocycles. The lowest BCUT2D eigenvalue weighted by Crippen LogP contribution is -2.69. The number of furan rings is 1. The Morgan fingerprint density at radius 3 is 2.50 bits per heavy atom. The van der Waals surface area contributed by atoms with E-state index in [0.717, 1.165) is 30.8 Å². The van der Waals surface area contributed by atoms with Gasteiger partial charge in [-0.2, -0.15) is 0 Å². The average molecular weight is 391 g/mol. The zero-order valence-electron chi connectivity index (χ0n) is 18.0. The summed E-state index contributed by atoms with van der Waals surface area (Å²) in [5.41, 5.74) is -0.534. The third-order valence-electron chi connectivity index (χ3n) is 7.80. The number of fused-ring (bicyclic) bond motifs is 2. The van der Waals surface area contributed by atoms with E-state index >= 15 is 0 Å². The van der Waals surface area contributed by atoms with Crippen molar-refractivity contribution >= 4 is 0 Å². The lowest BCUT2D eigenvalue weighted by Gasteiger charge is -2.60. The highest BCUT2D eigenvalue weighted by Crippen LogP contribution is 2.62. The van der Waals surface area contributed by atoms with E-state index in [4.69, 9.17) is 23.7 Å². The van der Waals surface area contributed by atoms with Crippen LogP contribution in [0.3, 0.4) is 0 Å². The van der Waals surface area contributed by atoms with E-state index in [-0.39, 0.29) is 17.4 Å². The predicted molar refractivity (Wildman–Crippen MR) is 103 cm³/mol. The molecule has 1 spiro atoms. The van der Waals surface area contributed by atoms with Gasteiger partial charge in [-0.1, -0.05) is 34.6 Å². The quantitative estimate of drug-likeness (QED) is 0.593. The Bertz CT molecular complexity index is 750. The average Bonchev–Trinajstić information content (AvgIpc) is 3.01. The van der Waals surface area contributed by atoms with Gasteiger partial charge < -0.3 is 13.9 Å². The van der Waals surface area contributed by atoms with Crippen LogP contribution in [0.25, 0.3) is 0 Å². The second-order valence-electron chi connectivity index (χ2n) is 10.8. The molecule has 28 heavy (non-hydrogen) atoms. The molecule has 1 aliphatic carbocycles. The number of hydrogen-bond acceptors (Lipinski definition) is 5. The monoisotopic (exact) mass is 390 g/mol. The summed E-state index contributed by atoms with van der Waals surface area (Å²) in [4.78, 5) is 12.1. The molecule has 5 nitrogen and oxygen atoms in total. The van der Waals surface area contributed by atoms with E-state index < -0.39 is 17.7 Å². The molecule has 6 rings (SSSR count). The van der Waals surface area contributed by atoms with Crippen LogP contribution >= 0.6 is 0 Å². The first-order valence-corrected chi connectivity index (χ1v) is 10.9. The molecule has 8 atom stereocenters. The van der Waals surface area contributed by atoms with Crippen molar-refractivity contribution in [1.82, 2.24) is 0 Å². The van der Waals surface area contributed by atoms with E-state index in [1.807, 2.05) is 6.92 Å². The summed E-state index contributed by atoms with van der Waals surface area (Å²) in [6, 6.07) is 4.17. The minimum Gasteiger partial charge on any atom is -0.463 e. The van der Waals surface area contributed by atoms with E-state index in [1.165, 1.54) is 6.42 Å². The Morgan fingerprint density at radius 1 is 1.00 bits per heavy atom. The maximum atomic E-state index is 6.65. The largest absolute Gasteiger partial charge is 0.463 e. The van der Waals surface area contributed by atoms with E-state index in [1.54, 1.807) is 0 Å². The van der Waals surface area contributed by atoms with Crippen molar-refractivity contribution in [3.05, 3.63) is 23.7 Å². The standard InChI is InChI=1S/C23H34O5/c1-13-7-8-16-14(2)19(17-9-10-18(24-17)21(3,4)5)25-20-23(16)15(13)11-12-22(6,26-20)27-28-23/h9-10,13-16,19-20H,7-8,11-12H2,1-6H3/t13-,14-,15+,16+,19-,20-,22+,23-/m1/s1. The van der Waals surface area contributed by atoms with Crippen LogP contribution in [0.1, 0.15) is 84.9 Å². The van der Waals surface area contributed by atoms with Gasteiger partial charge in [-0.25, -0.2) is 9.78 Å². The molecule has 0 aromatic carbocycles. The van der Waals surface area contributed by atoms with Crippen LogP contribution in [0.15, 0.2) is 16.5 Å². The van der Waals surface area contributed by atoms with Gasteiger partial charge in [0.1, 0.15) is 17.6 Å². The SMILES string of the molecule is C[C@H]1[C@H](c2ccc(C(C)(C)C)o2)O[C@@H]2O[C@]3(C)CC[C@H]4[C@H](C)CC[C@@H]1[C@@]24OO3. The summed E-state index contributed by atoms with van der Waals surface area (Å²) in [5, 5.41) is 0. The molecule has 2 bridgehead atoms. The summed E-state index contributed by atoms with van der Waals surface area (Å²) >= 11 is 0. The van der Waals surface area contributed by atoms with Crippen molar-refractivity contribution in [3.63, 3.8) is 0 Å². The van der Waals surface area contributed by atoms with E-state index in [9.17, 15) is 0 Å². The molecule has 5 fully saturated rings. The fourth-order valence-corrected chi connectivity index (χ4v) is 6.14. The molecule has 5 aliphatic rings. The third kappa shape index (κ3) is 2.59. The van der Waals surface area contributed by atoms with Gasteiger partial charge in [0.05, 0.1) is 0 Å². The van der Waals surface area contributed by atoms with Gasteiger partial charge in [0.25, 0.3) is 0 Å². The van der Waals surface area contributed by atoms with Gasteiger partial charge in [0.2, 0.25) is 5.79 Å². The Labute approximate surface area is 168 Å². The van der Waals surface area contributed by atoms with Gasteiger partial charge in [-0.15, -0.1) is 0 Å². The molecule has 5 heteroatoms. The first kappa shape index (κ1) is 19.1. The van der Waals surface area contributed by atoms with Gasteiger partial charge in [-0.3, -0.25) is 0 Å². The summed E-state index contributed by atoms with van der Waals surface area (Å²) in [5.74, 6) is 2.71. The molecule has 1 saturated carbocycles. The van der Waals surface area contributed by atoms with Crippen LogP contribution in [0.5, 0.6) is 0 Å².